The molecule has 0 atom stereocenters. The Kier molecular flexibility index (Phi) is 13.9. The quantitative estimate of drug-likeness (QED) is 0.200. The fourth-order valence-electron chi connectivity index (χ4n) is 4.02. The van der Waals surface area contributed by atoms with Crippen molar-refractivity contribution in [2.24, 2.45) is 10.9 Å². The Hall–Kier alpha value is -0.570. The highest BCUT2D eigenvalue weighted by Gasteiger charge is 2.17. The van der Waals surface area contributed by atoms with Crippen LogP contribution in [-0.4, -0.2) is 63.1 Å². The number of halogens is 1. The molecule has 6 nitrogen and oxygen atoms in total. The summed E-state index contributed by atoms with van der Waals surface area (Å²) in [5.41, 5.74) is 0. The van der Waals surface area contributed by atoms with Gasteiger partial charge in [-0.3, -0.25) is 9.79 Å². The largest absolute Gasteiger partial charge is 0.356 e. The fourth-order valence-corrected chi connectivity index (χ4v) is 4.02. The molecule has 0 radical (unpaired) electrons. The third-order valence-corrected chi connectivity index (χ3v) is 5.55. The molecule has 2 rings (SSSR count). The third kappa shape index (κ3) is 11.1. The lowest BCUT2D eigenvalue weighted by atomic mass is 10.0. The summed E-state index contributed by atoms with van der Waals surface area (Å²) >= 11 is 0. The lowest BCUT2D eigenvalue weighted by Gasteiger charge is -2.20. The molecule has 1 aliphatic carbocycles. The molecule has 0 bridgehead atoms. The lowest BCUT2D eigenvalue weighted by Crippen LogP contribution is -2.42. The molecular weight excluding hydrogens is 453 g/mol. The zero-order valence-electron chi connectivity index (χ0n) is 17.1. The molecule has 1 saturated carbocycles. The van der Waals surface area contributed by atoms with E-state index in [1.165, 1.54) is 71.0 Å². The average molecular weight is 493 g/mol. The molecule has 1 aliphatic heterocycles. The summed E-state index contributed by atoms with van der Waals surface area (Å²) in [5.74, 6) is 1.63. The first-order valence-electron chi connectivity index (χ1n) is 10.7. The highest BCUT2D eigenvalue weighted by atomic mass is 127. The van der Waals surface area contributed by atoms with Crippen molar-refractivity contribution in [1.29, 1.82) is 0 Å². The van der Waals surface area contributed by atoms with E-state index in [-0.39, 0.29) is 29.9 Å². The van der Waals surface area contributed by atoms with Crippen molar-refractivity contribution in [1.82, 2.24) is 20.9 Å². The second-order valence-corrected chi connectivity index (χ2v) is 7.74. The second kappa shape index (κ2) is 15.4. The number of rotatable bonds is 9. The van der Waals surface area contributed by atoms with Crippen LogP contribution >= 0.6 is 24.0 Å². The first-order valence-corrected chi connectivity index (χ1v) is 10.7. The van der Waals surface area contributed by atoms with Crippen LogP contribution < -0.4 is 16.0 Å². The minimum absolute atomic E-state index is 0. The summed E-state index contributed by atoms with van der Waals surface area (Å²) in [6.07, 6.45) is 12.3. The smallest absolute Gasteiger partial charge is 0.220 e. The number of likely N-dealkylation sites (tertiary alicyclic amines) is 1. The Balaban J connectivity index is 0.00000364. The summed E-state index contributed by atoms with van der Waals surface area (Å²) in [5, 5.41) is 9.66. The zero-order chi connectivity index (χ0) is 18.5. The number of hydrogen-bond donors (Lipinski definition) is 3. The molecule has 2 aliphatic rings. The summed E-state index contributed by atoms with van der Waals surface area (Å²) in [4.78, 5) is 18.8. The Labute approximate surface area is 182 Å². The number of aliphatic imine (C=N–C) groups is 1. The second-order valence-electron chi connectivity index (χ2n) is 7.74. The van der Waals surface area contributed by atoms with Gasteiger partial charge in [0.1, 0.15) is 0 Å². The first kappa shape index (κ1) is 24.5. The molecule has 0 spiro atoms. The van der Waals surface area contributed by atoms with E-state index in [1.807, 2.05) is 0 Å². The minimum Gasteiger partial charge on any atom is -0.356 e. The zero-order valence-corrected chi connectivity index (χ0v) is 19.4. The summed E-state index contributed by atoms with van der Waals surface area (Å²) in [6, 6.07) is 0. The molecule has 1 amide bonds. The van der Waals surface area contributed by atoms with Crippen molar-refractivity contribution >= 4 is 35.8 Å². The van der Waals surface area contributed by atoms with E-state index >= 15 is 0 Å². The van der Waals surface area contributed by atoms with E-state index in [0.717, 1.165) is 18.9 Å². The van der Waals surface area contributed by atoms with E-state index in [1.54, 1.807) is 7.05 Å². The standard InChI is InChI=1S/C20H39N5O.HI/c1-21-20(23-11-8-16-25-14-6-2-3-7-15-25)24-13-12-22-19(26)17-18-9-4-5-10-18;/h18H,2-17H2,1H3,(H,22,26)(H2,21,23,24);1H. The van der Waals surface area contributed by atoms with Crippen LogP contribution in [0, 0.1) is 5.92 Å². The number of hydrogen-bond acceptors (Lipinski definition) is 3. The lowest BCUT2D eigenvalue weighted by molar-refractivity contribution is -0.121. The van der Waals surface area contributed by atoms with Gasteiger partial charge in [-0.1, -0.05) is 25.7 Å². The van der Waals surface area contributed by atoms with Gasteiger partial charge in [0.25, 0.3) is 0 Å². The van der Waals surface area contributed by atoms with Crippen LogP contribution in [-0.2, 0) is 4.79 Å². The number of nitrogens with one attached hydrogen (secondary N) is 3. The molecule has 0 aromatic rings. The van der Waals surface area contributed by atoms with Crippen LogP contribution in [0.5, 0.6) is 0 Å². The Morgan fingerprint density at radius 3 is 2.22 bits per heavy atom. The van der Waals surface area contributed by atoms with Crippen molar-refractivity contribution in [2.45, 2.75) is 64.2 Å². The maximum absolute atomic E-state index is 11.9. The van der Waals surface area contributed by atoms with Gasteiger partial charge in [-0.25, -0.2) is 0 Å². The van der Waals surface area contributed by atoms with Crippen molar-refractivity contribution in [3.8, 4) is 0 Å². The van der Waals surface area contributed by atoms with Gasteiger partial charge < -0.3 is 20.9 Å². The van der Waals surface area contributed by atoms with Gasteiger partial charge in [-0.2, -0.15) is 0 Å². The van der Waals surface area contributed by atoms with Crippen LogP contribution in [0.3, 0.4) is 0 Å². The van der Waals surface area contributed by atoms with Crippen LogP contribution in [0.25, 0.3) is 0 Å². The number of carbonyl (C=O) groups excluding carboxylic acids is 1. The molecule has 27 heavy (non-hydrogen) atoms. The normalized spacial score (nSPS) is 19.2. The van der Waals surface area contributed by atoms with E-state index < -0.39 is 0 Å². The van der Waals surface area contributed by atoms with Gasteiger partial charge in [-0.15, -0.1) is 24.0 Å². The predicted molar refractivity (Wildman–Crippen MR) is 124 cm³/mol. The minimum atomic E-state index is 0. The van der Waals surface area contributed by atoms with Gasteiger partial charge in [0.15, 0.2) is 5.96 Å². The molecule has 3 N–H and O–H groups in total. The number of nitrogens with zero attached hydrogens (tertiary/aromatic N) is 2. The van der Waals surface area contributed by atoms with Crippen LogP contribution in [0.15, 0.2) is 4.99 Å². The maximum atomic E-state index is 11.9. The highest BCUT2D eigenvalue weighted by Crippen LogP contribution is 2.27. The molecule has 158 valence electrons. The van der Waals surface area contributed by atoms with Gasteiger partial charge in [0, 0.05) is 33.1 Å². The molecule has 2 fully saturated rings. The Morgan fingerprint density at radius 1 is 0.926 bits per heavy atom. The summed E-state index contributed by atoms with van der Waals surface area (Å²) in [6.45, 7) is 5.98. The molecule has 1 heterocycles. The van der Waals surface area contributed by atoms with Gasteiger partial charge in [0.2, 0.25) is 5.91 Å². The van der Waals surface area contributed by atoms with E-state index in [9.17, 15) is 4.79 Å². The molecule has 0 unspecified atom stereocenters. The van der Waals surface area contributed by atoms with Crippen molar-refractivity contribution in [3.05, 3.63) is 0 Å². The number of guanidine groups is 1. The maximum Gasteiger partial charge on any atom is 0.220 e. The topological polar surface area (TPSA) is 68.8 Å². The molecule has 7 heteroatoms. The summed E-state index contributed by atoms with van der Waals surface area (Å²) in [7, 11) is 1.79. The highest BCUT2D eigenvalue weighted by molar-refractivity contribution is 14.0. The van der Waals surface area contributed by atoms with Crippen molar-refractivity contribution < 1.29 is 4.79 Å². The molecule has 0 aromatic carbocycles. The van der Waals surface area contributed by atoms with E-state index in [2.05, 4.69) is 25.8 Å². The number of amides is 1. The van der Waals surface area contributed by atoms with Gasteiger partial charge in [-0.05, 0) is 57.7 Å². The SMILES string of the molecule is CN=C(NCCCN1CCCCCC1)NCCNC(=O)CC1CCCC1.I. The van der Waals surface area contributed by atoms with Crippen molar-refractivity contribution in [3.63, 3.8) is 0 Å². The van der Waals surface area contributed by atoms with Crippen LogP contribution in [0.1, 0.15) is 64.2 Å². The molecule has 0 aromatic heterocycles. The predicted octanol–water partition coefficient (Wildman–Crippen LogP) is 2.73. The Morgan fingerprint density at radius 2 is 1.56 bits per heavy atom. The Bertz CT molecular complexity index is 419. The fraction of sp³-hybridized carbons (Fsp3) is 0.900. The van der Waals surface area contributed by atoms with E-state index in [4.69, 9.17) is 0 Å². The van der Waals surface area contributed by atoms with Crippen molar-refractivity contribution in [2.75, 3.05) is 46.3 Å². The molecule has 1 saturated heterocycles. The average Bonchev–Trinajstić information content (AvgIpc) is 3.01. The van der Waals surface area contributed by atoms with E-state index in [0.29, 0.717) is 25.4 Å². The first-order chi connectivity index (χ1) is 12.8. The molecular formula is C20H40IN5O. The van der Waals surface area contributed by atoms with Crippen LogP contribution in [0.2, 0.25) is 0 Å². The van der Waals surface area contributed by atoms with Gasteiger partial charge >= 0.3 is 0 Å². The summed E-state index contributed by atoms with van der Waals surface area (Å²) < 4.78 is 0. The third-order valence-electron chi connectivity index (χ3n) is 5.55. The monoisotopic (exact) mass is 493 g/mol. The number of carbonyl (C=O) groups is 1. The van der Waals surface area contributed by atoms with Gasteiger partial charge in [0.05, 0.1) is 0 Å². The van der Waals surface area contributed by atoms with Crippen LogP contribution in [0.4, 0.5) is 0 Å².